The average molecular weight is 204 g/mol. The predicted molar refractivity (Wildman–Crippen MR) is 59.0 cm³/mol. The molecular weight excluding hydrogens is 188 g/mol. The SMILES string of the molecule is CCc1ccc(C2(CC(=O)O)CC2)cc1. The lowest BCUT2D eigenvalue weighted by Gasteiger charge is -2.13. The molecule has 1 N–H and O–H groups in total. The molecule has 2 rings (SSSR count). The highest BCUT2D eigenvalue weighted by atomic mass is 16.4. The fourth-order valence-electron chi connectivity index (χ4n) is 2.10. The van der Waals surface area contributed by atoms with Crippen molar-refractivity contribution in [2.45, 2.75) is 38.0 Å². The zero-order valence-electron chi connectivity index (χ0n) is 8.99. The summed E-state index contributed by atoms with van der Waals surface area (Å²) < 4.78 is 0. The molecular formula is C13H16O2. The molecule has 1 aliphatic rings. The van der Waals surface area contributed by atoms with E-state index in [2.05, 4.69) is 31.2 Å². The highest BCUT2D eigenvalue weighted by Crippen LogP contribution is 2.50. The highest BCUT2D eigenvalue weighted by Gasteiger charge is 2.45. The van der Waals surface area contributed by atoms with Crippen molar-refractivity contribution < 1.29 is 9.90 Å². The lowest BCUT2D eigenvalue weighted by atomic mass is 9.91. The topological polar surface area (TPSA) is 37.3 Å². The van der Waals surface area contributed by atoms with Gasteiger partial charge in [-0.1, -0.05) is 31.2 Å². The number of aryl methyl sites for hydroxylation is 1. The molecule has 0 aromatic heterocycles. The Morgan fingerprint density at radius 3 is 2.33 bits per heavy atom. The van der Waals surface area contributed by atoms with E-state index in [0.717, 1.165) is 19.3 Å². The van der Waals surface area contributed by atoms with Crippen molar-refractivity contribution in [3.05, 3.63) is 35.4 Å². The lowest BCUT2D eigenvalue weighted by Crippen LogP contribution is -2.12. The van der Waals surface area contributed by atoms with E-state index in [1.54, 1.807) is 0 Å². The molecule has 1 saturated carbocycles. The van der Waals surface area contributed by atoms with E-state index in [1.165, 1.54) is 11.1 Å². The zero-order chi connectivity index (χ0) is 10.9. The summed E-state index contributed by atoms with van der Waals surface area (Å²) >= 11 is 0. The third kappa shape index (κ3) is 2.04. The Bertz CT molecular complexity index is 361. The first-order chi connectivity index (χ1) is 7.16. The van der Waals surface area contributed by atoms with Crippen LogP contribution in [0, 0.1) is 0 Å². The normalized spacial score (nSPS) is 17.4. The summed E-state index contributed by atoms with van der Waals surface area (Å²) in [6.45, 7) is 2.12. The first-order valence-electron chi connectivity index (χ1n) is 5.47. The molecule has 0 radical (unpaired) electrons. The van der Waals surface area contributed by atoms with Crippen molar-refractivity contribution in [1.82, 2.24) is 0 Å². The van der Waals surface area contributed by atoms with Crippen molar-refractivity contribution in [2.24, 2.45) is 0 Å². The minimum atomic E-state index is -0.688. The van der Waals surface area contributed by atoms with Crippen molar-refractivity contribution in [2.75, 3.05) is 0 Å². The summed E-state index contributed by atoms with van der Waals surface area (Å²) in [6, 6.07) is 8.40. The Hall–Kier alpha value is -1.31. The minimum absolute atomic E-state index is 0.0435. The van der Waals surface area contributed by atoms with Gasteiger partial charge in [-0.15, -0.1) is 0 Å². The molecule has 1 fully saturated rings. The fourth-order valence-corrected chi connectivity index (χ4v) is 2.10. The van der Waals surface area contributed by atoms with Gasteiger partial charge in [-0.3, -0.25) is 4.79 Å². The molecule has 0 spiro atoms. The summed E-state index contributed by atoms with van der Waals surface area (Å²) in [6.07, 6.45) is 3.35. The Kier molecular flexibility index (Phi) is 2.51. The molecule has 1 aliphatic carbocycles. The first kappa shape index (κ1) is 10.2. The lowest BCUT2D eigenvalue weighted by molar-refractivity contribution is -0.137. The van der Waals surface area contributed by atoms with Gasteiger partial charge in [0.1, 0.15) is 0 Å². The summed E-state index contributed by atoms with van der Waals surface area (Å²) in [5.41, 5.74) is 2.46. The van der Waals surface area contributed by atoms with E-state index in [0.29, 0.717) is 0 Å². The number of carbonyl (C=O) groups is 1. The Morgan fingerprint density at radius 1 is 1.33 bits per heavy atom. The van der Waals surface area contributed by atoms with Crippen LogP contribution < -0.4 is 0 Å². The second-order valence-corrected chi connectivity index (χ2v) is 4.40. The summed E-state index contributed by atoms with van der Waals surface area (Å²) in [4.78, 5) is 10.8. The molecule has 1 aromatic rings. The highest BCUT2D eigenvalue weighted by molar-refractivity contribution is 5.70. The molecule has 0 saturated heterocycles. The molecule has 0 atom stereocenters. The molecule has 2 nitrogen and oxygen atoms in total. The molecule has 1 aromatic carbocycles. The van der Waals surface area contributed by atoms with Crippen LogP contribution in [-0.2, 0) is 16.6 Å². The Morgan fingerprint density at radius 2 is 1.93 bits per heavy atom. The maximum atomic E-state index is 10.8. The summed E-state index contributed by atoms with van der Waals surface area (Å²) in [7, 11) is 0. The van der Waals surface area contributed by atoms with E-state index in [9.17, 15) is 4.79 Å². The quantitative estimate of drug-likeness (QED) is 0.818. The van der Waals surface area contributed by atoms with Gasteiger partial charge in [0.2, 0.25) is 0 Å². The van der Waals surface area contributed by atoms with Crippen LogP contribution in [0.1, 0.15) is 37.3 Å². The van der Waals surface area contributed by atoms with Crippen LogP contribution in [0.2, 0.25) is 0 Å². The van der Waals surface area contributed by atoms with Crippen LogP contribution in [-0.4, -0.2) is 11.1 Å². The molecule has 0 heterocycles. The van der Waals surface area contributed by atoms with Gasteiger partial charge in [-0.2, -0.15) is 0 Å². The van der Waals surface area contributed by atoms with Crippen LogP contribution >= 0.6 is 0 Å². The molecule has 2 heteroatoms. The van der Waals surface area contributed by atoms with E-state index >= 15 is 0 Å². The largest absolute Gasteiger partial charge is 0.481 e. The monoisotopic (exact) mass is 204 g/mol. The van der Waals surface area contributed by atoms with Crippen molar-refractivity contribution >= 4 is 5.97 Å². The van der Waals surface area contributed by atoms with Crippen LogP contribution in [0.3, 0.4) is 0 Å². The molecule has 0 unspecified atom stereocenters. The third-order valence-corrected chi connectivity index (χ3v) is 3.32. The fraction of sp³-hybridized carbons (Fsp3) is 0.462. The first-order valence-corrected chi connectivity index (χ1v) is 5.47. The van der Waals surface area contributed by atoms with Crippen molar-refractivity contribution in [1.29, 1.82) is 0 Å². The van der Waals surface area contributed by atoms with Crippen LogP contribution in [0.25, 0.3) is 0 Å². The van der Waals surface area contributed by atoms with Gasteiger partial charge >= 0.3 is 5.97 Å². The van der Waals surface area contributed by atoms with Gasteiger partial charge in [0.15, 0.2) is 0 Å². The van der Waals surface area contributed by atoms with Crippen LogP contribution in [0.4, 0.5) is 0 Å². The second-order valence-electron chi connectivity index (χ2n) is 4.40. The maximum absolute atomic E-state index is 10.8. The van der Waals surface area contributed by atoms with Gasteiger partial charge in [-0.05, 0) is 30.4 Å². The minimum Gasteiger partial charge on any atom is -0.481 e. The van der Waals surface area contributed by atoms with E-state index < -0.39 is 5.97 Å². The number of rotatable bonds is 4. The Balaban J connectivity index is 2.18. The number of carboxylic acid groups (broad SMARTS) is 1. The van der Waals surface area contributed by atoms with Gasteiger partial charge in [-0.25, -0.2) is 0 Å². The van der Waals surface area contributed by atoms with E-state index in [-0.39, 0.29) is 11.8 Å². The Labute approximate surface area is 89.9 Å². The van der Waals surface area contributed by atoms with E-state index in [4.69, 9.17) is 5.11 Å². The standard InChI is InChI=1S/C13H16O2/c1-2-10-3-5-11(6-4-10)13(7-8-13)9-12(14)15/h3-6H,2,7-9H2,1H3,(H,14,15). The van der Waals surface area contributed by atoms with E-state index in [1.807, 2.05) is 0 Å². The maximum Gasteiger partial charge on any atom is 0.304 e. The number of benzene rings is 1. The zero-order valence-corrected chi connectivity index (χ0v) is 8.99. The molecule has 80 valence electrons. The number of hydrogen-bond acceptors (Lipinski definition) is 1. The second kappa shape index (κ2) is 3.69. The van der Waals surface area contributed by atoms with Crippen molar-refractivity contribution in [3.8, 4) is 0 Å². The smallest absolute Gasteiger partial charge is 0.304 e. The van der Waals surface area contributed by atoms with Crippen molar-refractivity contribution in [3.63, 3.8) is 0 Å². The number of carboxylic acids is 1. The molecule has 0 amide bonds. The summed E-state index contributed by atoms with van der Waals surface area (Å²) in [5.74, 6) is -0.688. The van der Waals surface area contributed by atoms with Gasteiger partial charge < -0.3 is 5.11 Å². The number of hydrogen-bond donors (Lipinski definition) is 1. The predicted octanol–water partition coefficient (Wildman–Crippen LogP) is 2.76. The number of aliphatic carboxylic acids is 1. The third-order valence-electron chi connectivity index (χ3n) is 3.32. The molecule has 15 heavy (non-hydrogen) atoms. The van der Waals surface area contributed by atoms with Gasteiger partial charge in [0.25, 0.3) is 0 Å². The van der Waals surface area contributed by atoms with Gasteiger partial charge in [0, 0.05) is 5.41 Å². The average Bonchev–Trinajstić information content (AvgIpc) is 2.98. The van der Waals surface area contributed by atoms with Crippen LogP contribution in [0.15, 0.2) is 24.3 Å². The molecule has 0 bridgehead atoms. The van der Waals surface area contributed by atoms with Gasteiger partial charge in [0.05, 0.1) is 6.42 Å². The van der Waals surface area contributed by atoms with Crippen LogP contribution in [0.5, 0.6) is 0 Å². The molecule has 0 aliphatic heterocycles. The summed E-state index contributed by atoms with van der Waals surface area (Å²) in [5, 5.41) is 8.85.